The van der Waals surface area contributed by atoms with E-state index in [2.05, 4.69) is 11.9 Å². The Morgan fingerprint density at radius 1 is 1.35 bits per heavy atom. The number of esters is 1. The van der Waals surface area contributed by atoms with E-state index in [1.54, 1.807) is 7.11 Å². The summed E-state index contributed by atoms with van der Waals surface area (Å²) < 4.78 is 32.1. The molecule has 1 amide bonds. The summed E-state index contributed by atoms with van der Waals surface area (Å²) in [4.78, 5) is 23.3. The van der Waals surface area contributed by atoms with Crippen molar-refractivity contribution < 1.29 is 27.8 Å². The van der Waals surface area contributed by atoms with E-state index < -0.39 is 34.3 Å². The van der Waals surface area contributed by atoms with E-state index in [1.807, 2.05) is 6.92 Å². The molecular weight excluding hydrogens is 322 g/mol. The molecule has 23 heavy (non-hydrogen) atoms. The summed E-state index contributed by atoms with van der Waals surface area (Å²) in [5, 5.41) is 1.75. The molecular formula is C15H23NO6S. The van der Waals surface area contributed by atoms with E-state index in [4.69, 9.17) is 9.47 Å². The maximum Gasteiger partial charge on any atom is 0.325 e. The molecule has 7 atom stereocenters. The second kappa shape index (κ2) is 7.11. The van der Waals surface area contributed by atoms with Crippen molar-refractivity contribution in [3.05, 3.63) is 12.2 Å². The number of fused-ring (bicyclic) bond motifs is 2. The Hall–Kier alpha value is -1.25. The van der Waals surface area contributed by atoms with Gasteiger partial charge in [-0.15, -0.1) is 0 Å². The second-order valence-corrected chi connectivity index (χ2v) is 7.38. The quantitative estimate of drug-likeness (QED) is 0.412. The molecule has 2 N–H and O–H groups in total. The van der Waals surface area contributed by atoms with Gasteiger partial charge < -0.3 is 19.3 Å². The predicted octanol–water partition coefficient (Wildman–Crippen LogP) is 0.482. The summed E-state index contributed by atoms with van der Waals surface area (Å²) in [6, 6.07) is 0. The van der Waals surface area contributed by atoms with Crippen LogP contribution in [0, 0.1) is 17.8 Å². The number of carbonyl (C=O) groups excluding carboxylic acids is 2. The zero-order valence-electron chi connectivity index (χ0n) is 13.5. The Labute approximate surface area is 138 Å². The summed E-state index contributed by atoms with van der Waals surface area (Å²) in [6.07, 6.45) is -0.0205. The van der Waals surface area contributed by atoms with Gasteiger partial charge in [0, 0.05) is 24.5 Å². The maximum absolute atomic E-state index is 11.9. The standard InChI is InChI=1S/C15H23NO6S/c1-7(2)15(18)16-6-11(17)22-13-9-5-10(14(13)23(19)20)12(21-4)8(9)3/h8-10,12-14H,1,5-6H2,2-4H3,(H,16,18)(H,19,20). The monoisotopic (exact) mass is 345 g/mol. The minimum atomic E-state index is -2.10. The van der Waals surface area contributed by atoms with Crippen molar-refractivity contribution in [1.82, 2.24) is 5.32 Å². The van der Waals surface area contributed by atoms with Crippen LogP contribution in [0.3, 0.4) is 0 Å². The van der Waals surface area contributed by atoms with Crippen molar-refractivity contribution in [1.29, 1.82) is 0 Å². The van der Waals surface area contributed by atoms with Crippen molar-refractivity contribution in [3.8, 4) is 0 Å². The van der Waals surface area contributed by atoms with Gasteiger partial charge in [0.05, 0.1) is 6.10 Å². The third-order valence-corrected chi connectivity index (χ3v) is 5.96. The molecule has 0 spiro atoms. The van der Waals surface area contributed by atoms with E-state index >= 15 is 0 Å². The van der Waals surface area contributed by atoms with Crippen molar-refractivity contribution in [3.63, 3.8) is 0 Å². The molecule has 0 aromatic heterocycles. The smallest absolute Gasteiger partial charge is 0.325 e. The molecule has 0 aliphatic heterocycles. The molecule has 0 aromatic carbocycles. The number of rotatable bonds is 6. The van der Waals surface area contributed by atoms with Crippen LogP contribution >= 0.6 is 0 Å². The lowest BCUT2D eigenvalue weighted by atomic mass is 9.85. The maximum atomic E-state index is 11.9. The van der Waals surface area contributed by atoms with E-state index in [0.717, 1.165) is 0 Å². The van der Waals surface area contributed by atoms with Gasteiger partial charge >= 0.3 is 5.97 Å². The Balaban J connectivity index is 2.01. The first-order valence-corrected chi connectivity index (χ1v) is 8.70. The molecule has 0 aromatic rings. The van der Waals surface area contributed by atoms with Crippen molar-refractivity contribution in [2.24, 2.45) is 17.8 Å². The molecule has 0 saturated heterocycles. The molecule has 0 radical (unpaired) electrons. The fourth-order valence-electron chi connectivity index (χ4n) is 3.84. The van der Waals surface area contributed by atoms with E-state index in [1.165, 1.54) is 6.92 Å². The first kappa shape index (κ1) is 18.1. The molecule has 2 fully saturated rings. The molecule has 130 valence electrons. The second-order valence-electron chi connectivity index (χ2n) is 6.28. The number of methoxy groups -OCH3 is 1. The van der Waals surface area contributed by atoms with E-state index in [0.29, 0.717) is 12.0 Å². The van der Waals surface area contributed by atoms with Crippen LogP contribution in [0.15, 0.2) is 12.2 Å². The molecule has 2 rings (SSSR count). The van der Waals surface area contributed by atoms with Crippen LogP contribution in [-0.2, 0) is 30.1 Å². The highest BCUT2D eigenvalue weighted by Crippen LogP contribution is 2.52. The number of hydrogen-bond acceptors (Lipinski definition) is 5. The van der Waals surface area contributed by atoms with Crippen LogP contribution < -0.4 is 5.32 Å². The fraction of sp³-hybridized carbons (Fsp3) is 0.733. The molecule has 2 saturated carbocycles. The molecule has 2 bridgehead atoms. The lowest BCUT2D eigenvalue weighted by molar-refractivity contribution is -0.153. The number of amides is 1. The first-order chi connectivity index (χ1) is 10.8. The zero-order chi connectivity index (χ0) is 17.3. The Morgan fingerprint density at radius 3 is 2.52 bits per heavy atom. The van der Waals surface area contributed by atoms with Crippen LogP contribution in [0.2, 0.25) is 0 Å². The van der Waals surface area contributed by atoms with Gasteiger partial charge in [0.1, 0.15) is 17.9 Å². The number of ether oxygens (including phenoxy) is 2. The SMILES string of the molecule is C=C(C)C(=O)NCC(=O)OC1C2CC(C(OC)C2C)C1S(=O)O. The Kier molecular flexibility index (Phi) is 5.59. The number of hydrogen-bond donors (Lipinski definition) is 2. The zero-order valence-corrected chi connectivity index (χ0v) is 14.3. The van der Waals surface area contributed by atoms with Gasteiger partial charge in [0.2, 0.25) is 5.91 Å². The lowest BCUT2D eigenvalue weighted by Crippen LogP contribution is -2.49. The lowest BCUT2D eigenvalue weighted by Gasteiger charge is -2.36. The Morgan fingerprint density at radius 2 is 2.00 bits per heavy atom. The average Bonchev–Trinajstić information content (AvgIpc) is 2.99. The molecule has 7 nitrogen and oxygen atoms in total. The summed E-state index contributed by atoms with van der Waals surface area (Å²) in [5.41, 5.74) is 0.295. The van der Waals surface area contributed by atoms with Gasteiger partial charge in [-0.25, -0.2) is 4.21 Å². The van der Waals surface area contributed by atoms with Gasteiger partial charge in [0.25, 0.3) is 0 Å². The number of carbonyl (C=O) groups is 2. The fourth-order valence-corrected chi connectivity index (χ4v) is 4.90. The van der Waals surface area contributed by atoms with Crippen LogP contribution in [-0.4, -0.2) is 51.8 Å². The summed E-state index contributed by atoms with van der Waals surface area (Å²) in [6.45, 7) is 6.73. The third-order valence-electron chi connectivity index (χ3n) is 4.88. The normalized spacial score (nSPS) is 36.5. The topological polar surface area (TPSA) is 102 Å². The summed E-state index contributed by atoms with van der Waals surface area (Å²) in [7, 11) is 1.59. The molecule has 8 heteroatoms. The minimum Gasteiger partial charge on any atom is -0.459 e. The van der Waals surface area contributed by atoms with Gasteiger partial charge in [-0.3, -0.25) is 9.59 Å². The Bertz CT molecular complexity index is 536. The first-order valence-electron chi connectivity index (χ1n) is 7.53. The molecule has 0 heterocycles. The molecule has 2 aliphatic carbocycles. The predicted molar refractivity (Wildman–Crippen MR) is 83.8 cm³/mol. The van der Waals surface area contributed by atoms with Crippen LogP contribution in [0.1, 0.15) is 20.3 Å². The van der Waals surface area contributed by atoms with E-state index in [-0.39, 0.29) is 30.4 Å². The van der Waals surface area contributed by atoms with Crippen LogP contribution in [0.4, 0.5) is 0 Å². The van der Waals surface area contributed by atoms with Crippen LogP contribution in [0.25, 0.3) is 0 Å². The number of nitrogens with one attached hydrogen (secondary N) is 1. The van der Waals surface area contributed by atoms with Crippen LogP contribution in [0.5, 0.6) is 0 Å². The third kappa shape index (κ3) is 3.49. The highest BCUT2D eigenvalue weighted by Gasteiger charge is 2.60. The molecule has 7 unspecified atom stereocenters. The van der Waals surface area contributed by atoms with Gasteiger partial charge in [-0.05, 0) is 19.3 Å². The highest BCUT2D eigenvalue weighted by molar-refractivity contribution is 7.80. The largest absolute Gasteiger partial charge is 0.459 e. The van der Waals surface area contributed by atoms with Gasteiger partial charge in [-0.2, -0.15) is 0 Å². The van der Waals surface area contributed by atoms with Crippen molar-refractivity contribution in [2.45, 2.75) is 37.7 Å². The minimum absolute atomic E-state index is 0.00755. The van der Waals surface area contributed by atoms with Gasteiger partial charge in [0.15, 0.2) is 11.1 Å². The highest BCUT2D eigenvalue weighted by atomic mass is 32.2. The van der Waals surface area contributed by atoms with Crippen molar-refractivity contribution >= 4 is 23.0 Å². The molecule has 2 aliphatic rings. The summed E-state index contributed by atoms with van der Waals surface area (Å²) >= 11 is -2.10. The van der Waals surface area contributed by atoms with Gasteiger partial charge in [-0.1, -0.05) is 13.5 Å². The average molecular weight is 345 g/mol. The summed E-state index contributed by atoms with van der Waals surface area (Å²) in [5.74, 6) is -1.01. The van der Waals surface area contributed by atoms with Crippen molar-refractivity contribution in [2.75, 3.05) is 13.7 Å². The van der Waals surface area contributed by atoms with E-state index in [9.17, 15) is 18.4 Å².